The maximum Gasteiger partial charge on any atom is 0.326 e. The van der Waals surface area contributed by atoms with Gasteiger partial charge >= 0.3 is 11.4 Å². The van der Waals surface area contributed by atoms with Crippen LogP contribution in [-0.2, 0) is 6.42 Å². The molecule has 0 amide bonds. The van der Waals surface area contributed by atoms with Gasteiger partial charge < -0.3 is 20.4 Å². The summed E-state index contributed by atoms with van der Waals surface area (Å²) in [6.45, 7) is 0. The van der Waals surface area contributed by atoms with E-state index in [0.717, 1.165) is 24.3 Å². The molecule has 138 valence electrons. The number of phenolic OH excluding ortho intramolecular Hbond substituents is 4. The minimum atomic E-state index is -1.04. The third-order valence-corrected chi connectivity index (χ3v) is 4.05. The van der Waals surface area contributed by atoms with Gasteiger partial charge in [0.1, 0.15) is 5.56 Å². The normalized spacial score (nSPS) is 14.4. The smallest absolute Gasteiger partial charge is 0.326 e. The van der Waals surface area contributed by atoms with E-state index in [9.17, 15) is 45.4 Å². The fourth-order valence-corrected chi connectivity index (χ4v) is 2.88. The summed E-state index contributed by atoms with van der Waals surface area (Å²) in [5.74, 6) is -4.31. The highest BCUT2D eigenvalue weighted by molar-refractivity contribution is 6.18. The lowest BCUT2D eigenvalue weighted by atomic mass is 10.1. The summed E-state index contributed by atoms with van der Waals surface area (Å²) in [6.07, 6.45) is 1.02. The highest BCUT2D eigenvalue weighted by Crippen LogP contribution is 2.45. The van der Waals surface area contributed by atoms with Crippen molar-refractivity contribution in [2.24, 2.45) is 0 Å². The van der Waals surface area contributed by atoms with E-state index in [1.165, 1.54) is 0 Å². The number of fused-ring (bicyclic) bond motifs is 1. The second kappa shape index (κ2) is 5.98. The SMILES string of the molecule is O=C1/C(=C\c2cc(O)c(O)c([N+](=O)[O-])c2)Cc2cc(O)c(O)c([N+](=O)[O-])c21. The molecule has 27 heavy (non-hydrogen) atoms. The molecule has 0 heterocycles. The number of aromatic hydroxyl groups is 4. The average Bonchev–Trinajstić information content (AvgIpc) is 2.86. The minimum absolute atomic E-state index is 0.00394. The van der Waals surface area contributed by atoms with Gasteiger partial charge in [-0.15, -0.1) is 0 Å². The highest BCUT2D eigenvalue weighted by atomic mass is 16.6. The number of nitro benzene ring substituents is 2. The van der Waals surface area contributed by atoms with Gasteiger partial charge in [-0.1, -0.05) is 0 Å². The van der Waals surface area contributed by atoms with Crippen molar-refractivity contribution in [3.05, 3.63) is 60.7 Å². The Balaban J connectivity index is 2.14. The number of Topliss-reactive ketones (excluding diaryl/α,β-unsaturated/α-hetero) is 1. The van der Waals surface area contributed by atoms with Crippen molar-refractivity contribution >= 4 is 23.2 Å². The molecule has 0 saturated heterocycles. The molecule has 0 spiro atoms. The number of nitrogens with zero attached hydrogens (tertiary/aromatic N) is 2. The Hall–Kier alpha value is -4.15. The van der Waals surface area contributed by atoms with Gasteiger partial charge in [-0.25, -0.2) is 0 Å². The van der Waals surface area contributed by atoms with Crippen LogP contribution >= 0.6 is 0 Å². The van der Waals surface area contributed by atoms with Gasteiger partial charge in [0.25, 0.3) is 0 Å². The third-order valence-electron chi connectivity index (χ3n) is 4.05. The summed E-state index contributed by atoms with van der Waals surface area (Å²) in [5.41, 5.74) is -2.02. The standard InChI is InChI=1S/C16H10N2O9/c19-10-3-6(2-9(15(10)22)17(24)25)1-8-4-7-5-11(20)16(23)13(18(26)27)12(7)14(8)21/h1-3,5,19-20,22-23H,4H2/b8-1-. The minimum Gasteiger partial charge on any atom is -0.504 e. The Bertz CT molecular complexity index is 1070. The molecule has 0 aliphatic heterocycles. The second-order valence-electron chi connectivity index (χ2n) is 5.72. The van der Waals surface area contributed by atoms with Crippen molar-refractivity contribution in [2.45, 2.75) is 6.42 Å². The molecular formula is C16H10N2O9. The van der Waals surface area contributed by atoms with E-state index >= 15 is 0 Å². The molecule has 2 aromatic rings. The molecule has 2 aromatic carbocycles. The van der Waals surface area contributed by atoms with Gasteiger partial charge in [-0.05, 0) is 29.3 Å². The van der Waals surface area contributed by atoms with Crippen LogP contribution in [0.3, 0.4) is 0 Å². The molecule has 3 rings (SSSR count). The first kappa shape index (κ1) is 17.7. The molecule has 0 saturated carbocycles. The van der Waals surface area contributed by atoms with Crippen molar-refractivity contribution in [3.8, 4) is 23.0 Å². The number of nitro groups is 2. The lowest BCUT2D eigenvalue weighted by Crippen LogP contribution is -2.02. The first-order chi connectivity index (χ1) is 12.6. The molecule has 0 bridgehead atoms. The molecular weight excluding hydrogens is 364 g/mol. The van der Waals surface area contributed by atoms with Crippen LogP contribution in [0, 0.1) is 20.2 Å². The summed E-state index contributed by atoms with van der Waals surface area (Å²) in [4.78, 5) is 32.7. The lowest BCUT2D eigenvalue weighted by Gasteiger charge is -2.03. The molecule has 11 nitrogen and oxygen atoms in total. The topological polar surface area (TPSA) is 184 Å². The first-order valence-electron chi connectivity index (χ1n) is 7.29. The number of ketones is 1. The van der Waals surface area contributed by atoms with Crippen molar-refractivity contribution in [2.75, 3.05) is 0 Å². The highest BCUT2D eigenvalue weighted by Gasteiger charge is 2.37. The van der Waals surface area contributed by atoms with Crippen molar-refractivity contribution < 1.29 is 35.1 Å². The molecule has 11 heteroatoms. The zero-order valence-corrected chi connectivity index (χ0v) is 13.2. The molecule has 1 aliphatic carbocycles. The van der Waals surface area contributed by atoms with Crippen LogP contribution in [0.1, 0.15) is 21.5 Å². The fraction of sp³-hybridized carbons (Fsp3) is 0.0625. The number of hydrogen-bond acceptors (Lipinski definition) is 9. The number of carbonyl (C=O) groups excluding carboxylic acids is 1. The maximum absolute atomic E-state index is 12.5. The number of benzene rings is 2. The first-order valence-corrected chi connectivity index (χ1v) is 7.29. The summed E-state index contributed by atoms with van der Waals surface area (Å²) in [5, 5.41) is 60.5. The molecule has 0 aromatic heterocycles. The van der Waals surface area contributed by atoms with Crippen LogP contribution in [0.15, 0.2) is 23.8 Å². The van der Waals surface area contributed by atoms with Gasteiger partial charge in [-0.3, -0.25) is 25.0 Å². The Morgan fingerprint density at radius 3 is 2.15 bits per heavy atom. The Morgan fingerprint density at radius 1 is 0.926 bits per heavy atom. The van der Waals surface area contributed by atoms with E-state index < -0.39 is 50.0 Å². The Morgan fingerprint density at radius 2 is 1.56 bits per heavy atom. The Kier molecular flexibility index (Phi) is 3.91. The second-order valence-corrected chi connectivity index (χ2v) is 5.72. The number of hydrogen-bond donors (Lipinski definition) is 4. The van der Waals surface area contributed by atoms with E-state index in [1.807, 2.05) is 0 Å². The molecule has 0 radical (unpaired) electrons. The largest absolute Gasteiger partial charge is 0.504 e. The van der Waals surface area contributed by atoms with Crippen molar-refractivity contribution in [1.82, 2.24) is 0 Å². The molecule has 0 unspecified atom stereocenters. The molecule has 4 N–H and O–H groups in total. The number of carbonyl (C=O) groups is 1. The van der Waals surface area contributed by atoms with Crippen LogP contribution in [0.2, 0.25) is 0 Å². The fourth-order valence-electron chi connectivity index (χ4n) is 2.88. The van der Waals surface area contributed by atoms with E-state index in [0.29, 0.717) is 0 Å². The quantitative estimate of drug-likeness (QED) is 0.270. The molecule has 0 fully saturated rings. The van der Waals surface area contributed by atoms with Gasteiger partial charge in [0.15, 0.2) is 17.3 Å². The van der Waals surface area contributed by atoms with E-state index in [1.54, 1.807) is 0 Å². The zero-order valence-electron chi connectivity index (χ0n) is 13.2. The van der Waals surface area contributed by atoms with Crippen LogP contribution < -0.4 is 0 Å². The summed E-state index contributed by atoms with van der Waals surface area (Å²) in [6, 6.07) is 2.92. The van der Waals surface area contributed by atoms with Gasteiger partial charge in [-0.2, -0.15) is 0 Å². The van der Waals surface area contributed by atoms with Crippen LogP contribution in [0.5, 0.6) is 23.0 Å². The predicted octanol–water partition coefficient (Wildman–Crippen LogP) is 2.15. The average molecular weight is 374 g/mol. The van der Waals surface area contributed by atoms with E-state index in [2.05, 4.69) is 0 Å². The lowest BCUT2D eigenvalue weighted by molar-refractivity contribution is -0.386. The van der Waals surface area contributed by atoms with Gasteiger partial charge in [0.2, 0.25) is 11.5 Å². The van der Waals surface area contributed by atoms with Crippen molar-refractivity contribution in [3.63, 3.8) is 0 Å². The monoisotopic (exact) mass is 374 g/mol. The summed E-state index contributed by atoms with van der Waals surface area (Å²) >= 11 is 0. The number of rotatable bonds is 3. The number of allylic oxidation sites excluding steroid dienone is 1. The summed E-state index contributed by atoms with van der Waals surface area (Å²) in [7, 11) is 0. The maximum atomic E-state index is 12.5. The third kappa shape index (κ3) is 2.76. The molecule has 0 atom stereocenters. The molecule has 1 aliphatic rings. The van der Waals surface area contributed by atoms with Crippen LogP contribution in [0.25, 0.3) is 6.08 Å². The van der Waals surface area contributed by atoms with Crippen LogP contribution in [0.4, 0.5) is 11.4 Å². The van der Waals surface area contributed by atoms with Gasteiger partial charge in [0.05, 0.1) is 9.85 Å². The summed E-state index contributed by atoms with van der Waals surface area (Å²) < 4.78 is 0. The zero-order chi connectivity index (χ0) is 20.0. The Labute approximate surface area is 149 Å². The predicted molar refractivity (Wildman–Crippen MR) is 88.9 cm³/mol. The van der Waals surface area contributed by atoms with Crippen molar-refractivity contribution in [1.29, 1.82) is 0 Å². The van der Waals surface area contributed by atoms with E-state index in [4.69, 9.17) is 0 Å². The van der Waals surface area contributed by atoms with Gasteiger partial charge in [0, 0.05) is 18.1 Å². The number of phenols is 4. The van der Waals surface area contributed by atoms with E-state index in [-0.39, 0.29) is 28.7 Å². The van der Waals surface area contributed by atoms with Crippen LogP contribution in [-0.4, -0.2) is 36.1 Å².